The highest BCUT2D eigenvalue weighted by atomic mass is 16.5. The van der Waals surface area contributed by atoms with Crippen molar-refractivity contribution in [2.24, 2.45) is 5.92 Å². The van der Waals surface area contributed by atoms with E-state index in [1.807, 2.05) is 11.9 Å². The van der Waals surface area contributed by atoms with Crippen LogP contribution in [0.15, 0.2) is 18.2 Å². The van der Waals surface area contributed by atoms with Crippen molar-refractivity contribution >= 4 is 11.5 Å². The number of likely N-dealkylation sites (N-methyl/N-ethyl adjacent to an activating group) is 1. The Balaban J connectivity index is 2.00. The minimum atomic E-state index is 0.00948. The molecule has 2 rings (SSSR count). The molecule has 0 saturated heterocycles. The number of Topliss-reactive ketones (excluding diaryl/α,β-unsaturated/α-hetero) is 1. The van der Waals surface area contributed by atoms with Crippen LogP contribution < -0.4 is 4.90 Å². The normalized spacial score (nSPS) is 13.8. The van der Waals surface area contributed by atoms with Gasteiger partial charge in [0.25, 0.3) is 0 Å². The standard InChI is InChI=1S/C16H20N2O2/c1-12(19)15-6-5-14(10-17)9-16(15)18(2)7-8-20-11-13-3-4-13/h5-6,9,13H,3-4,7-8,11H2,1-2H3. The van der Waals surface area contributed by atoms with Crippen molar-refractivity contribution in [3.8, 4) is 6.07 Å². The summed E-state index contributed by atoms with van der Waals surface area (Å²) in [5, 5.41) is 8.98. The molecule has 0 aromatic heterocycles. The third-order valence-electron chi connectivity index (χ3n) is 3.54. The molecule has 0 heterocycles. The maximum atomic E-state index is 11.7. The zero-order valence-electron chi connectivity index (χ0n) is 12.1. The SMILES string of the molecule is CC(=O)c1ccc(C#N)cc1N(C)CCOCC1CC1. The number of nitrogens with zero attached hydrogens (tertiary/aromatic N) is 2. The Morgan fingerprint density at radius 1 is 1.50 bits per heavy atom. The second-order valence-electron chi connectivity index (χ2n) is 5.34. The van der Waals surface area contributed by atoms with E-state index in [-0.39, 0.29) is 5.78 Å². The van der Waals surface area contributed by atoms with Crippen LogP contribution in [0.1, 0.15) is 35.7 Å². The van der Waals surface area contributed by atoms with E-state index >= 15 is 0 Å². The van der Waals surface area contributed by atoms with Crippen LogP contribution in [0.25, 0.3) is 0 Å². The maximum absolute atomic E-state index is 11.7. The summed E-state index contributed by atoms with van der Waals surface area (Å²) in [7, 11) is 1.92. The topological polar surface area (TPSA) is 53.3 Å². The Labute approximate surface area is 120 Å². The van der Waals surface area contributed by atoms with Crippen LogP contribution in [-0.2, 0) is 4.74 Å². The molecule has 0 N–H and O–H groups in total. The maximum Gasteiger partial charge on any atom is 0.161 e. The molecule has 1 aromatic rings. The fraction of sp³-hybridized carbons (Fsp3) is 0.500. The predicted molar refractivity (Wildman–Crippen MR) is 78.0 cm³/mol. The fourth-order valence-electron chi connectivity index (χ4n) is 2.07. The van der Waals surface area contributed by atoms with Gasteiger partial charge in [0, 0.05) is 31.5 Å². The van der Waals surface area contributed by atoms with Crippen molar-refractivity contribution in [2.75, 3.05) is 31.7 Å². The molecule has 1 aromatic carbocycles. The third-order valence-corrected chi connectivity index (χ3v) is 3.54. The number of ketones is 1. The van der Waals surface area contributed by atoms with Crippen molar-refractivity contribution in [3.63, 3.8) is 0 Å². The van der Waals surface area contributed by atoms with Crippen LogP contribution >= 0.6 is 0 Å². The van der Waals surface area contributed by atoms with Crippen molar-refractivity contribution in [2.45, 2.75) is 19.8 Å². The lowest BCUT2D eigenvalue weighted by molar-refractivity contribution is 0.101. The zero-order valence-corrected chi connectivity index (χ0v) is 12.1. The first-order valence-corrected chi connectivity index (χ1v) is 6.95. The van der Waals surface area contributed by atoms with Crippen LogP contribution in [0.4, 0.5) is 5.69 Å². The average Bonchev–Trinajstić information content (AvgIpc) is 3.26. The van der Waals surface area contributed by atoms with Crippen molar-refractivity contribution < 1.29 is 9.53 Å². The van der Waals surface area contributed by atoms with Gasteiger partial charge in [-0.2, -0.15) is 5.26 Å². The molecule has 0 radical (unpaired) electrons. The Morgan fingerprint density at radius 2 is 2.25 bits per heavy atom. The molecule has 4 heteroatoms. The van der Waals surface area contributed by atoms with Crippen LogP contribution in [0.5, 0.6) is 0 Å². The van der Waals surface area contributed by atoms with E-state index in [0.717, 1.165) is 18.2 Å². The molecular formula is C16H20N2O2. The van der Waals surface area contributed by atoms with Gasteiger partial charge >= 0.3 is 0 Å². The highest BCUT2D eigenvalue weighted by Crippen LogP contribution is 2.28. The summed E-state index contributed by atoms with van der Waals surface area (Å²) in [6.07, 6.45) is 2.57. The quantitative estimate of drug-likeness (QED) is 0.565. The van der Waals surface area contributed by atoms with Gasteiger partial charge in [-0.1, -0.05) is 0 Å². The van der Waals surface area contributed by atoms with Crippen molar-refractivity contribution in [3.05, 3.63) is 29.3 Å². The molecule has 1 aliphatic rings. The molecule has 0 atom stereocenters. The largest absolute Gasteiger partial charge is 0.379 e. The fourth-order valence-corrected chi connectivity index (χ4v) is 2.07. The van der Waals surface area contributed by atoms with Gasteiger partial charge in [0.2, 0.25) is 0 Å². The molecule has 0 aliphatic heterocycles. The molecule has 0 spiro atoms. The summed E-state index contributed by atoms with van der Waals surface area (Å²) >= 11 is 0. The summed E-state index contributed by atoms with van der Waals surface area (Å²) in [4.78, 5) is 13.6. The highest BCUT2D eigenvalue weighted by Gasteiger charge is 2.21. The van der Waals surface area contributed by atoms with Gasteiger partial charge in [0.15, 0.2) is 5.78 Å². The van der Waals surface area contributed by atoms with Gasteiger partial charge in [-0.05, 0) is 43.9 Å². The Kier molecular flexibility index (Phi) is 4.75. The highest BCUT2D eigenvalue weighted by molar-refractivity contribution is 6.00. The molecule has 0 unspecified atom stereocenters. The number of rotatable bonds is 7. The zero-order chi connectivity index (χ0) is 14.5. The first kappa shape index (κ1) is 14.5. The average molecular weight is 272 g/mol. The summed E-state index contributed by atoms with van der Waals surface area (Å²) in [5.74, 6) is 0.769. The van der Waals surface area contributed by atoms with Crippen LogP contribution in [0, 0.1) is 17.2 Å². The van der Waals surface area contributed by atoms with E-state index in [1.54, 1.807) is 25.1 Å². The summed E-state index contributed by atoms with van der Waals surface area (Å²) < 4.78 is 5.62. The second-order valence-corrected chi connectivity index (χ2v) is 5.34. The molecule has 4 nitrogen and oxygen atoms in total. The number of ether oxygens (including phenoxy) is 1. The molecule has 1 saturated carbocycles. The Bertz CT molecular complexity index is 530. The third kappa shape index (κ3) is 3.82. The van der Waals surface area contributed by atoms with Crippen LogP contribution in [0.2, 0.25) is 0 Å². The minimum absolute atomic E-state index is 0.00948. The summed E-state index contributed by atoms with van der Waals surface area (Å²) in [6.45, 7) is 3.73. The number of carbonyl (C=O) groups excluding carboxylic acids is 1. The lowest BCUT2D eigenvalue weighted by Crippen LogP contribution is -2.24. The van der Waals surface area contributed by atoms with Gasteiger partial charge in [0.1, 0.15) is 0 Å². The van der Waals surface area contributed by atoms with E-state index < -0.39 is 0 Å². The van der Waals surface area contributed by atoms with E-state index in [1.165, 1.54) is 12.8 Å². The van der Waals surface area contributed by atoms with E-state index in [2.05, 4.69) is 6.07 Å². The van der Waals surface area contributed by atoms with Crippen LogP contribution in [-0.4, -0.2) is 32.6 Å². The van der Waals surface area contributed by atoms with Gasteiger partial charge in [-0.15, -0.1) is 0 Å². The Hall–Kier alpha value is -1.86. The molecule has 0 amide bonds. The molecule has 106 valence electrons. The molecule has 1 aliphatic carbocycles. The molecule has 20 heavy (non-hydrogen) atoms. The first-order valence-electron chi connectivity index (χ1n) is 6.95. The van der Waals surface area contributed by atoms with Crippen LogP contribution in [0.3, 0.4) is 0 Å². The lowest BCUT2D eigenvalue weighted by Gasteiger charge is -2.22. The summed E-state index contributed by atoms with van der Waals surface area (Å²) in [6, 6.07) is 7.27. The molecular weight excluding hydrogens is 252 g/mol. The predicted octanol–water partition coefficient (Wildman–Crippen LogP) is 2.62. The number of hydrogen-bond acceptors (Lipinski definition) is 4. The molecule has 0 bridgehead atoms. The minimum Gasteiger partial charge on any atom is -0.379 e. The van der Waals surface area contributed by atoms with Gasteiger partial charge < -0.3 is 9.64 Å². The van der Waals surface area contributed by atoms with Gasteiger partial charge in [0.05, 0.1) is 18.2 Å². The molecule has 1 fully saturated rings. The number of hydrogen-bond donors (Lipinski definition) is 0. The lowest BCUT2D eigenvalue weighted by atomic mass is 10.1. The monoisotopic (exact) mass is 272 g/mol. The second kappa shape index (κ2) is 6.53. The van der Waals surface area contributed by atoms with Gasteiger partial charge in [-0.25, -0.2) is 0 Å². The van der Waals surface area contributed by atoms with E-state index in [9.17, 15) is 4.79 Å². The summed E-state index contributed by atoms with van der Waals surface area (Å²) in [5.41, 5.74) is 2.01. The van der Waals surface area contributed by atoms with Crippen molar-refractivity contribution in [1.82, 2.24) is 0 Å². The van der Waals surface area contributed by atoms with Gasteiger partial charge in [-0.3, -0.25) is 4.79 Å². The van der Waals surface area contributed by atoms with E-state index in [4.69, 9.17) is 10.00 Å². The first-order chi connectivity index (χ1) is 9.61. The number of benzene rings is 1. The number of nitriles is 1. The number of carbonyl (C=O) groups is 1. The van der Waals surface area contributed by atoms with Crippen molar-refractivity contribution in [1.29, 1.82) is 5.26 Å². The Morgan fingerprint density at radius 3 is 2.85 bits per heavy atom. The van der Waals surface area contributed by atoms with E-state index in [0.29, 0.717) is 24.3 Å². The number of anilines is 1. The smallest absolute Gasteiger partial charge is 0.161 e.